The Hall–Kier alpha value is -3.22. The number of amides is 4. The molecule has 138 valence electrons. The normalized spacial score (nSPS) is 26.7. The van der Waals surface area contributed by atoms with Crippen molar-refractivity contribution in [3.05, 3.63) is 71.5 Å². The lowest BCUT2D eigenvalue weighted by Gasteiger charge is -2.22. The SMILES string of the molecule is C[C@]1(c2ccccc2)NC(=O)N(NC(=O)[C@@H]2C[C@H]2c2cccc(F)c2)C1=O. The monoisotopic (exact) mass is 367 g/mol. The Balaban J connectivity index is 1.46. The molecule has 2 aliphatic rings. The van der Waals surface area contributed by atoms with Crippen molar-refractivity contribution in [3.63, 3.8) is 0 Å². The zero-order valence-electron chi connectivity index (χ0n) is 14.6. The number of carbonyl (C=O) groups is 3. The van der Waals surface area contributed by atoms with Gasteiger partial charge in [-0.15, -0.1) is 0 Å². The molecule has 0 spiro atoms. The van der Waals surface area contributed by atoms with Crippen LogP contribution in [-0.4, -0.2) is 22.9 Å². The van der Waals surface area contributed by atoms with Crippen molar-refractivity contribution < 1.29 is 18.8 Å². The predicted octanol–water partition coefficient (Wildman–Crippen LogP) is 2.43. The maximum Gasteiger partial charge on any atom is 0.344 e. The summed E-state index contributed by atoms with van der Waals surface area (Å²) >= 11 is 0. The number of rotatable bonds is 4. The molecule has 1 heterocycles. The van der Waals surface area contributed by atoms with Gasteiger partial charge in [0.2, 0.25) is 5.91 Å². The van der Waals surface area contributed by atoms with Crippen LogP contribution < -0.4 is 10.7 Å². The molecule has 2 aromatic rings. The maximum absolute atomic E-state index is 13.4. The first-order valence-corrected chi connectivity index (χ1v) is 8.68. The summed E-state index contributed by atoms with van der Waals surface area (Å²) in [6.45, 7) is 1.60. The van der Waals surface area contributed by atoms with E-state index in [2.05, 4.69) is 10.7 Å². The zero-order valence-corrected chi connectivity index (χ0v) is 14.6. The molecule has 3 atom stereocenters. The molecule has 1 aliphatic carbocycles. The summed E-state index contributed by atoms with van der Waals surface area (Å²) in [5, 5.41) is 3.37. The number of urea groups is 1. The second kappa shape index (κ2) is 6.19. The fourth-order valence-corrected chi connectivity index (χ4v) is 3.49. The van der Waals surface area contributed by atoms with Crippen LogP contribution in [-0.2, 0) is 15.1 Å². The molecule has 7 heteroatoms. The summed E-state index contributed by atoms with van der Waals surface area (Å²) in [4.78, 5) is 37.6. The number of benzene rings is 2. The van der Waals surface area contributed by atoms with Gasteiger partial charge in [-0.05, 0) is 42.5 Å². The Bertz CT molecular complexity index is 933. The van der Waals surface area contributed by atoms with E-state index in [1.807, 2.05) is 6.07 Å². The number of hydrazine groups is 1. The second-order valence-corrected chi connectivity index (χ2v) is 7.04. The highest BCUT2D eigenvalue weighted by molar-refractivity contribution is 6.08. The van der Waals surface area contributed by atoms with Crippen molar-refractivity contribution >= 4 is 17.8 Å². The highest BCUT2D eigenvalue weighted by Crippen LogP contribution is 2.47. The summed E-state index contributed by atoms with van der Waals surface area (Å²) in [7, 11) is 0. The predicted molar refractivity (Wildman–Crippen MR) is 94.6 cm³/mol. The van der Waals surface area contributed by atoms with E-state index in [0.29, 0.717) is 12.0 Å². The smallest absolute Gasteiger partial charge is 0.318 e. The molecule has 4 amide bonds. The molecule has 2 fully saturated rings. The number of halogens is 1. The van der Waals surface area contributed by atoms with Gasteiger partial charge in [0.05, 0.1) is 0 Å². The molecular formula is C20H18FN3O3. The average molecular weight is 367 g/mol. The summed E-state index contributed by atoms with van der Waals surface area (Å²) in [6, 6.07) is 14.3. The van der Waals surface area contributed by atoms with Crippen LogP contribution in [0.25, 0.3) is 0 Å². The molecule has 1 aliphatic heterocycles. The maximum atomic E-state index is 13.4. The molecule has 27 heavy (non-hydrogen) atoms. The molecule has 0 unspecified atom stereocenters. The Morgan fingerprint density at radius 1 is 1.19 bits per heavy atom. The molecule has 6 nitrogen and oxygen atoms in total. The zero-order chi connectivity index (χ0) is 19.2. The van der Waals surface area contributed by atoms with Crippen LogP contribution in [0.3, 0.4) is 0 Å². The fraction of sp³-hybridized carbons (Fsp3) is 0.250. The minimum atomic E-state index is -1.24. The van der Waals surface area contributed by atoms with E-state index in [1.54, 1.807) is 43.3 Å². The third kappa shape index (κ3) is 2.95. The minimum Gasteiger partial charge on any atom is -0.318 e. The first-order chi connectivity index (χ1) is 12.9. The highest BCUT2D eigenvalue weighted by Gasteiger charge is 2.52. The van der Waals surface area contributed by atoms with Crippen LogP contribution in [0.2, 0.25) is 0 Å². The van der Waals surface area contributed by atoms with E-state index in [-0.39, 0.29) is 11.7 Å². The van der Waals surface area contributed by atoms with Crippen LogP contribution in [0, 0.1) is 11.7 Å². The largest absolute Gasteiger partial charge is 0.344 e. The van der Waals surface area contributed by atoms with E-state index >= 15 is 0 Å². The highest BCUT2D eigenvalue weighted by atomic mass is 19.1. The van der Waals surface area contributed by atoms with Crippen LogP contribution in [0.5, 0.6) is 0 Å². The van der Waals surface area contributed by atoms with Gasteiger partial charge >= 0.3 is 6.03 Å². The van der Waals surface area contributed by atoms with E-state index < -0.39 is 29.3 Å². The van der Waals surface area contributed by atoms with Gasteiger partial charge in [0.25, 0.3) is 5.91 Å². The topological polar surface area (TPSA) is 78.5 Å². The molecule has 1 saturated carbocycles. The Labute approximate surface area is 155 Å². The molecule has 2 aromatic carbocycles. The number of hydrogen-bond donors (Lipinski definition) is 2. The number of carbonyl (C=O) groups excluding carboxylic acids is 3. The Morgan fingerprint density at radius 2 is 1.93 bits per heavy atom. The second-order valence-electron chi connectivity index (χ2n) is 7.04. The van der Waals surface area contributed by atoms with Crippen molar-refractivity contribution in [1.82, 2.24) is 15.8 Å². The number of nitrogens with one attached hydrogen (secondary N) is 2. The third-order valence-corrected chi connectivity index (χ3v) is 5.17. The van der Waals surface area contributed by atoms with E-state index in [0.717, 1.165) is 10.6 Å². The summed E-state index contributed by atoms with van der Waals surface area (Å²) in [5.74, 6) is -1.83. The van der Waals surface area contributed by atoms with Crippen molar-refractivity contribution in [1.29, 1.82) is 0 Å². The van der Waals surface area contributed by atoms with Gasteiger partial charge in [-0.25, -0.2) is 9.18 Å². The van der Waals surface area contributed by atoms with Gasteiger partial charge in [0.1, 0.15) is 11.4 Å². The van der Waals surface area contributed by atoms with Gasteiger partial charge in [0.15, 0.2) is 0 Å². The van der Waals surface area contributed by atoms with Gasteiger partial charge in [-0.3, -0.25) is 15.0 Å². The number of imide groups is 1. The molecule has 2 N–H and O–H groups in total. The van der Waals surface area contributed by atoms with Crippen LogP contribution in [0.1, 0.15) is 30.4 Å². The van der Waals surface area contributed by atoms with Crippen LogP contribution in [0.15, 0.2) is 54.6 Å². The average Bonchev–Trinajstić information content (AvgIpc) is 3.43. The van der Waals surface area contributed by atoms with E-state index in [4.69, 9.17) is 0 Å². The quantitative estimate of drug-likeness (QED) is 0.815. The standard InChI is InChI=1S/C20H18FN3O3/c1-20(13-7-3-2-4-8-13)18(26)24(19(27)22-20)23-17(25)16-11-15(16)12-6-5-9-14(21)10-12/h2-10,15-16H,11H2,1H3,(H,22,27)(H,23,25)/t15-,16+,20+/m0/s1. The van der Waals surface area contributed by atoms with Gasteiger partial charge in [0, 0.05) is 5.92 Å². The van der Waals surface area contributed by atoms with Gasteiger partial charge < -0.3 is 5.32 Å². The first kappa shape index (κ1) is 17.2. The number of nitrogens with zero attached hydrogens (tertiary/aromatic N) is 1. The van der Waals surface area contributed by atoms with Crippen LogP contribution in [0.4, 0.5) is 9.18 Å². The minimum absolute atomic E-state index is 0.109. The molecular weight excluding hydrogens is 349 g/mol. The van der Waals surface area contributed by atoms with Gasteiger partial charge in [-0.1, -0.05) is 42.5 Å². The molecule has 4 rings (SSSR count). The van der Waals surface area contributed by atoms with Crippen molar-refractivity contribution in [2.45, 2.75) is 24.8 Å². The van der Waals surface area contributed by atoms with Crippen molar-refractivity contribution in [3.8, 4) is 0 Å². The molecule has 0 radical (unpaired) electrons. The number of hydrogen-bond acceptors (Lipinski definition) is 3. The summed E-state index contributed by atoms with van der Waals surface area (Å²) < 4.78 is 13.4. The van der Waals surface area contributed by atoms with E-state index in [1.165, 1.54) is 12.1 Å². The van der Waals surface area contributed by atoms with E-state index in [9.17, 15) is 18.8 Å². The van der Waals surface area contributed by atoms with Gasteiger partial charge in [-0.2, -0.15) is 5.01 Å². The lowest BCUT2D eigenvalue weighted by molar-refractivity contribution is -0.139. The fourth-order valence-electron chi connectivity index (χ4n) is 3.49. The molecule has 0 bridgehead atoms. The third-order valence-electron chi connectivity index (χ3n) is 5.17. The first-order valence-electron chi connectivity index (χ1n) is 8.68. The van der Waals surface area contributed by atoms with Crippen molar-refractivity contribution in [2.24, 2.45) is 5.92 Å². The lowest BCUT2D eigenvalue weighted by atomic mass is 9.92. The Kier molecular flexibility index (Phi) is 3.95. The van der Waals surface area contributed by atoms with Crippen molar-refractivity contribution in [2.75, 3.05) is 0 Å². The molecule has 0 aromatic heterocycles. The Morgan fingerprint density at radius 3 is 2.63 bits per heavy atom. The summed E-state index contributed by atoms with van der Waals surface area (Å²) in [6.07, 6.45) is 0.550. The van der Waals surface area contributed by atoms with Crippen LogP contribution >= 0.6 is 0 Å². The summed E-state index contributed by atoms with van der Waals surface area (Å²) in [5.41, 5.74) is 2.55. The lowest BCUT2D eigenvalue weighted by Crippen LogP contribution is -2.48. The molecule has 1 saturated heterocycles.